The second-order valence-corrected chi connectivity index (χ2v) is 5.10. The number of benzene rings is 1. The first kappa shape index (κ1) is 14.7. The van der Waals surface area contributed by atoms with E-state index in [2.05, 4.69) is 29.7 Å². The molecule has 0 fully saturated rings. The number of carbonyl (C=O) groups excluding carboxylic acids is 1. The summed E-state index contributed by atoms with van der Waals surface area (Å²) < 4.78 is 0. The summed E-state index contributed by atoms with van der Waals surface area (Å²) >= 11 is 0. The van der Waals surface area contributed by atoms with Crippen LogP contribution in [0.1, 0.15) is 39.2 Å². The number of hydrogen-bond donors (Lipinski definition) is 2. The Morgan fingerprint density at radius 3 is 2.28 bits per heavy atom. The highest BCUT2D eigenvalue weighted by atomic mass is 16.2. The lowest BCUT2D eigenvalue weighted by Gasteiger charge is -2.19. The smallest absolute Gasteiger partial charge is 0.237 e. The molecule has 2 atom stereocenters. The standard InChI is InChI=1S/C15H24N2O/c1-11(2)17-15(18)13(4)16-10-12(3)14-8-6-5-7-9-14/h5-9,11-13,16H,10H2,1-4H3,(H,17,18). The Morgan fingerprint density at radius 1 is 1.11 bits per heavy atom. The molecule has 0 radical (unpaired) electrons. The number of hydrogen-bond acceptors (Lipinski definition) is 2. The number of carbonyl (C=O) groups is 1. The Kier molecular flexibility index (Phi) is 5.86. The molecule has 0 spiro atoms. The summed E-state index contributed by atoms with van der Waals surface area (Å²) in [7, 11) is 0. The minimum atomic E-state index is -0.154. The van der Waals surface area contributed by atoms with E-state index in [9.17, 15) is 4.79 Å². The topological polar surface area (TPSA) is 41.1 Å². The SMILES string of the molecule is CC(C)NC(=O)C(C)NCC(C)c1ccccc1. The Morgan fingerprint density at radius 2 is 1.72 bits per heavy atom. The van der Waals surface area contributed by atoms with Gasteiger partial charge < -0.3 is 10.6 Å². The molecular formula is C15H24N2O. The van der Waals surface area contributed by atoms with Gasteiger partial charge in [0.2, 0.25) is 5.91 Å². The monoisotopic (exact) mass is 248 g/mol. The fourth-order valence-corrected chi connectivity index (χ4v) is 1.76. The third-order valence-corrected chi connectivity index (χ3v) is 2.92. The van der Waals surface area contributed by atoms with E-state index in [-0.39, 0.29) is 18.0 Å². The van der Waals surface area contributed by atoms with E-state index < -0.39 is 0 Å². The van der Waals surface area contributed by atoms with Crippen LogP contribution in [0, 0.1) is 0 Å². The van der Waals surface area contributed by atoms with Gasteiger partial charge in [-0.2, -0.15) is 0 Å². The van der Waals surface area contributed by atoms with E-state index in [1.807, 2.05) is 39.0 Å². The first-order valence-electron chi connectivity index (χ1n) is 6.59. The molecule has 3 heteroatoms. The van der Waals surface area contributed by atoms with Crippen LogP contribution in [-0.2, 0) is 4.79 Å². The third-order valence-electron chi connectivity index (χ3n) is 2.92. The van der Waals surface area contributed by atoms with E-state index in [0.717, 1.165) is 6.54 Å². The molecule has 3 nitrogen and oxygen atoms in total. The fraction of sp³-hybridized carbons (Fsp3) is 0.533. The van der Waals surface area contributed by atoms with Gasteiger partial charge in [0.1, 0.15) is 0 Å². The second kappa shape index (κ2) is 7.17. The average Bonchev–Trinajstić information content (AvgIpc) is 2.35. The lowest BCUT2D eigenvalue weighted by molar-refractivity contribution is -0.123. The van der Waals surface area contributed by atoms with Crippen LogP contribution in [0.5, 0.6) is 0 Å². The molecule has 1 rings (SSSR count). The first-order chi connectivity index (χ1) is 8.50. The summed E-state index contributed by atoms with van der Waals surface area (Å²) in [6.45, 7) is 8.80. The van der Waals surface area contributed by atoms with E-state index in [1.54, 1.807) is 0 Å². The minimum absolute atomic E-state index is 0.0604. The first-order valence-corrected chi connectivity index (χ1v) is 6.59. The van der Waals surface area contributed by atoms with Gasteiger partial charge in [0, 0.05) is 12.6 Å². The lowest BCUT2D eigenvalue weighted by Crippen LogP contribution is -2.45. The molecule has 100 valence electrons. The normalized spacial score (nSPS) is 14.3. The zero-order chi connectivity index (χ0) is 13.5. The van der Waals surface area contributed by atoms with Crippen molar-refractivity contribution in [1.29, 1.82) is 0 Å². The second-order valence-electron chi connectivity index (χ2n) is 5.10. The van der Waals surface area contributed by atoms with Crippen LogP contribution < -0.4 is 10.6 Å². The molecule has 0 aliphatic rings. The Labute approximate surface area is 110 Å². The Hall–Kier alpha value is -1.35. The highest BCUT2D eigenvalue weighted by Gasteiger charge is 2.14. The number of amides is 1. The summed E-state index contributed by atoms with van der Waals surface area (Å²) in [6, 6.07) is 10.4. The molecule has 0 aliphatic heterocycles. The van der Waals surface area contributed by atoms with Crippen molar-refractivity contribution in [1.82, 2.24) is 10.6 Å². The van der Waals surface area contributed by atoms with E-state index in [4.69, 9.17) is 0 Å². The summed E-state index contributed by atoms with van der Waals surface area (Å²) in [5, 5.41) is 6.18. The third kappa shape index (κ3) is 4.88. The molecule has 0 aliphatic carbocycles. The van der Waals surface area contributed by atoms with Gasteiger partial charge in [-0.1, -0.05) is 37.3 Å². The average molecular weight is 248 g/mol. The van der Waals surface area contributed by atoms with Gasteiger partial charge in [-0.3, -0.25) is 4.79 Å². The van der Waals surface area contributed by atoms with Gasteiger partial charge in [-0.15, -0.1) is 0 Å². The van der Waals surface area contributed by atoms with Crippen molar-refractivity contribution in [3.05, 3.63) is 35.9 Å². The van der Waals surface area contributed by atoms with Gasteiger partial charge in [0.25, 0.3) is 0 Å². The van der Waals surface area contributed by atoms with Gasteiger partial charge in [0.05, 0.1) is 6.04 Å². The molecule has 2 N–H and O–H groups in total. The molecule has 0 heterocycles. The quantitative estimate of drug-likeness (QED) is 0.811. The van der Waals surface area contributed by atoms with Crippen LogP contribution in [0.15, 0.2) is 30.3 Å². The van der Waals surface area contributed by atoms with Crippen LogP contribution in [0.2, 0.25) is 0 Å². The minimum Gasteiger partial charge on any atom is -0.353 e. The van der Waals surface area contributed by atoms with Gasteiger partial charge in [0.15, 0.2) is 0 Å². The van der Waals surface area contributed by atoms with E-state index in [1.165, 1.54) is 5.56 Å². The largest absolute Gasteiger partial charge is 0.353 e. The Bertz CT molecular complexity index is 362. The predicted octanol–water partition coefficient (Wildman–Crippen LogP) is 2.29. The molecule has 0 saturated carbocycles. The van der Waals surface area contributed by atoms with Gasteiger partial charge in [-0.25, -0.2) is 0 Å². The maximum atomic E-state index is 11.7. The van der Waals surface area contributed by atoms with Crippen LogP contribution in [0.25, 0.3) is 0 Å². The van der Waals surface area contributed by atoms with Crippen molar-refractivity contribution in [2.24, 2.45) is 0 Å². The number of nitrogens with one attached hydrogen (secondary N) is 2. The van der Waals surface area contributed by atoms with Crippen molar-refractivity contribution in [2.45, 2.75) is 45.7 Å². The van der Waals surface area contributed by atoms with Crippen molar-refractivity contribution < 1.29 is 4.79 Å². The maximum absolute atomic E-state index is 11.7. The van der Waals surface area contributed by atoms with Crippen LogP contribution in [0.3, 0.4) is 0 Å². The van der Waals surface area contributed by atoms with Crippen LogP contribution in [-0.4, -0.2) is 24.5 Å². The van der Waals surface area contributed by atoms with Crippen molar-refractivity contribution >= 4 is 5.91 Å². The van der Waals surface area contributed by atoms with Gasteiger partial charge in [-0.05, 0) is 32.3 Å². The molecule has 18 heavy (non-hydrogen) atoms. The Balaban J connectivity index is 2.38. The number of rotatable bonds is 6. The summed E-state index contributed by atoms with van der Waals surface area (Å²) in [5.41, 5.74) is 1.29. The molecule has 2 unspecified atom stereocenters. The molecule has 1 aromatic carbocycles. The van der Waals surface area contributed by atoms with Crippen LogP contribution >= 0.6 is 0 Å². The van der Waals surface area contributed by atoms with Crippen molar-refractivity contribution in [2.75, 3.05) is 6.54 Å². The van der Waals surface area contributed by atoms with E-state index >= 15 is 0 Å². The zero-order valence-electron chi connectivity index (χ0n) is 11.7. The summed E-state index contributed by atoms with van der Waals surface area (Å²) in [5.74, 6) is 0.464. The van der Waals surface area contributed by atoms with Crippen molar-refractivity contribution in [3.8, 4) is 0 Å². The molecule has 0 saturated heterocycles. The molecular weight excluding hydrogens is 224 g/mol. The lowest BCUT2D eigenvalue weighted by atomic mass is 10.0. The zero-order valence-corrected chi connectivity index (χ0v) is 11.7. The summed E-state index contributed by atoms with van der Waals surface area (Å²) in [4.78, 5) is 11.7. The highest BCUT2D eigenvalue weighted by Crippen LogP contribution is 2.13. The molecule has 0 bridgehead atoms. The fourth-order valence-electron chi connectivity index (χ4n) is 1.76. The molecule has 1 aromatic rings. The van der Waals surface area contributed by atoms with Gasteiger partial charge >= 0.3 is 0 Å². The predicted molar refractivity (Wildman–Crippen MR) is 75.6 cm³/mol. The van der Waals surface area contributed by atoms with Crippen molar-refractivity contribution in [3.63, 3.8) is 0 Å². The maximum Gasteiger partial charge on any atom is 0.237 e. The van der Waals surface area contributed by atoms with Crippen LogP contribution in [0.4, 0.5) is 0 Å². The highest BCUT2D eigenvalue weighted by molar-refractivity contribution is 5.81. The van der Waals surface area contributed by atoms with E-state index in [0.29, 0.717) is 5.92 Å². The molecule has 1 amide bonds. The summed E-state index contributed by atoms with van der Waals surface area (Å²) in [6.07, 6.45) is 0. The molecule has 0 aromatic heterocycles.